The van der Waals surface area contributed by atoms with Gasteiger partial charge in [0, 0.05) is 34.0 Å². The first kappa shape index (κ1) is 16.0. The molecule has 0 bridgehead atoms. The number of hydrogen-bond donors (Lipinski definition) is 1. The number of phenolic OH excluding ortho intramolecular Hbond substituents is 1. The summed E-state index contributed by atoms with van der Waals surface area (Å²) in [5.41, 5.74) is 1.30. The number of rotatable bonds is 4. The summed E-state index contributed by atoms with van der Waals surface area (Å²) in [6.45, 7) is 1.91. The molecule has 122 valence electrons. The molecule has 3 aromatic rings. The average Bonchev–Trinajstić information content (AvgIpc) is 2.95. The molecule has 3 rings (SSSR count). The fourth-order valence-corrected chi connectivity index (χ4v) is 3.05. The van der Waals surface area contributed by atoms with Crippen molar-refractivity contribution in [1.82, 2.24) is 0 Å². The third kappa shape index (κ3) is 3.55. The summed E-state index contributed by atoms with van der Waals surface area (Å²) in [5.74, 6) is -0.503. The van der Waals surface area contributed by atoms with Crippen molar-refractivity contribution in [2.45, 2.75) is 13.5 Å². The maximum Gasteiger partial charge on any atom is 0.336 e. The van der Waals surface area contributed by atoms with Crippen molar-refractivity contribution in [3.05, 3.63) is 68.2 Å². The molecule has 0 fully saturated rings. The molecule has 2 aromatic heterocycles. The second-order valence-electron chi connectivity index (χ2n) is 5.18. The van der Waals surface area contributed by atoms with Gasteiger partial charge in [-0.3, -0.25) is 0 Å². The lowest BCUT2D eigenvalue weighted by Gasteiger charge is -2.06. The van der Waals surface area contributed by atoms with Crippen molar-refractivity contribution in [2.24, 2.45) is 0 Å². The van der Waals surface area contributed by atoms with Gasteiger partial charge in [-0.15, -0.1) is 11.3 Å². The van der Waals surface area contributed by atoms with Crippen LogP contribution in [0, 0.1) is 6.92 Å². The monoisotopic (exact) mass is 342 g/mol. The van der Waals surface area contributed by atoms with Crippen molar-refractivity contribution in [3.63, 3.8) is 0 Å². The standard InChI is InChI=1S/C18H14O5S/c1-11-6-7-24-16(11)4-5-17(20)22-10-12-8-18(21)23-15-9-13(19)2-3-14(12)15/h2-9,19H,10H2,1H3/b5-4+. The molecule has 1 aromatic carbocycles. The first-order valence-corrected chi connectivity index (χ1v) is 8.05. The maximum absolute atomic E-state index is 11.9. The van der Waals surface area contributed by atoms with Crippen LogP contribution >= 0.6 is 11.3 Å². The largest absolute Gasteiger partial charge is 0.508 e. The van der Waals surface area contributed by atoms with Crippen LogP contribution in [0.5, 0.6) is 5.75 Å². The Kier molecular flexibility index (Phi) is 4.48. The number of aromatic hydroxyl groups is 1. The highest BCUT2D eigenvalue weighted by Gasteiger charge is 2.08. The molecule has 0 atom stereocenters. The Morgan fingerprint density at radius 2 is 2.17 bits per heavy atom. The number of hydrogen-bond acceptors (Lipinski definition) is 6. The molecule has 24 heavy (non-hydrogen) atoms. The van der Waals surface area contributed by atoms with Crippen molar-refractivity contribution >= 4 is 34.4 Å². The molecule has 0 saturated heterocycles. The van der Waals surface area contributed by atoms with Gasteiger partial charge in [0.1, 0.15) is 17.9 Å². The summed E-state index contributed by atoms with van der Waals surface area (Å²) in [4.78, 5) is 24.4. The smallest absolute Gasteiger partial charge is 0.336 e. The summed E-state index contributed by atoms with van der Waals surface area (Å²) in [6.07, 6.45) is 3.07. The van der Waals surface area contributed by atoms with Crippen molar-refractivity contribution in [2.75, 3.05) is 0 Å². The predicted octanol–water partition coefficient (Wildman–Crippen LogP) is 3.63. The van der Waals surface area contributed by atoms with Crippen LogP contribution in [0.3, 0.4) is 0 Å². The third-order valence-corrected chi connectivity index (χ3v) is 4.44. The van der Waals surface area contributed by atoms with Gasteiger partial charge in [0.25, 0.3) is 0 Å². The second-order valence-corrected chi connectivity index (χ2v) is 6.13. The zero-order chi connectivity index (χ0) is 17.1. The number of esters is 1. The molecule has 0 amide bonds. The molecule has 0 aliphatic carbocycles. The van der Waals surface area contributed by atoms with Crippen LogP contribution in [0.4, 0.5) is 0 Å². The number of fused-ring (bicyclic) bond motifs is 1. The minimum absolute atomic E-state index is 0.00551. The Hall–Kier alpha value is -2.86. The number of benzene rings is 1. The van der Waals surface area contributed by atoms with Crippen LogP contribution in [0.25, 0.3) is 17.0 Å². The topological polar surface area (TPSA) is 76.7 Å². The van der Waals surface area contributed by atoms with Crippen molar-refractivity contribution < 1.29 is 19.1 Å². The second kappa shape index (κ2) is 6.72. The Balaban J connectivity index is 1.76. The minimum Gasteiger partial charge on any atom is -0.508 e. The van der Waals surface area contributed by atoms with Gasteiger partial charge in [-0.05, 0) is 42.1 Å². The first-order chi connectivity index (χ1) is 11.5. The van der Waals surface area contributed by atoms with Crippen LogP contribution in [-0.2, 0) is 16.1 Å². The van der Waals surface area contributed by atoms with Gasteiger partial charge in [-0.25, -0.2) is 9.59 Å². The van der Waals surface area contributed by atoms with E-state index < -0.39 is 11.6 Å². The highest BCUT2D eigenvalue weighted by molar-refractivity contribution is 7.11. The molecule has 0 spiro atoms. The summed E-state index contributed by atoms with van der Waals surface area (Å²) in [7, 11) is 0. The summed E-state index contributed by atoms with van der Waals surface area (Å²) in [5, 5.41) is 12.0. The SMILES string of the molecule is Cc1ccsc1/C=C/C(=O)OCc1cc(=O)oc2cc(O)ccc12. The minimum atomic E-state index is -0.566. The van der Waals surface area contributed by atoms with Crippen LogP contribution in [-0.4, -0.2) is 11.1 Å². The molecular formula is C18H14O5S. The van der Waals surface area contributed by atoms with Gasteiger partial charge < -0.3 is 14.3 Å². The summed E-state index contributed by atoms with van der Waals surface area (Å²) < 4.78 is 10.2. The van der Waals surface area contributed by atoms with Gasteiger partial charge in [0.05, 0.1) is 0 Å². The zero-order valence-corrected chi connectivity index (χ0v) is 13.6. The van der Waals surface area contributed by atoms with E-state index in [1.807, 2.05) is 18.4 Å². The molecule has 0 unspecified atom stereocenters. The molecule has 2 heterocycles. The summed E-state index contributed by atoms with van der Waals surface area (Å²) in [6, 6.07) is 7.69. The number of phenols is 1. The van der Waals surface area contributed by atoms with E-state index in [4.69, 9.17) is 9.15 Å². The van der Waals surface area contributed by atoms with Crippen molar-refractivity contribution in [1.29, 1.82) is 0 Å². The highest BCUT2D eigenvalue weighted by Crippen LogP contribution is 2.22. The molecule has 6 heteroatoms. The molecule has 0 saturated carbocycles. The molecule has 0 aliphatic heterocycles. The van der Waals surface area contributed by atoms with Gasteiger partial charge in [-0.2, -0.15) is 0 Å². The molecule has 5 nitrogen and oxygen atoms in total. The lowest BCUT2D eigenvalue weighted by molar-refractivity contribution is -0.138. The van der Waals surface area contributed by atoms with E-state index in [0.717, 1.165) is 10.4 Å². The Labute approximate surface area is 141 Å². The maximum atomic E-state index is 11.9. The van der Waals surface area contributed by atoms with Gasteiger partial charge >= 0.3 is 11.6 Å². The quantitative estimate of drug-likeness (QED) is 0.445. The number of thiophene rings is 1. The van der Waals surface area contributed by atoms with Crippen LogP contribution in [0.1, 0.15) is 16.0 Å². The van der Waals surface area contributed by atoms with Crippen LogP contribution < -0.4 is 5.63 Å². The number of ether oxygens (including phenoxy) is 1. The third-order valence-electron chi connectivity index (χ3n) is 3.46. The van der Waals surface area contributed by atoms with Crippen LogP contribution in [0.15, 0.2) is 51.0 Å². The van der Waals surface area contributed by atoms with Gasteiger partial charge in [0.15, 0.2) is 0 Å². The molecule has 0 radical (unpaired) electrons. The van der Waals surface area contributed by atoms with E-state index in [2.05, 4.69) is 0 Å². The normalized spacial score (nSPS) is 11.2. The van der Waals surface area contributed by atoms with E-state index in [1.54, 1.807) is 12.1 Å². The number of aryl methyl sites for hydroxylation is 1. The van der Waals surface area contributed by atoms with Gasteiger partial charge in [-0.1, -0.05) is 0 Å². The Morgan fingerprint density at radius 3 is 2.92 bits per heavy atom. The first-order valence-electron chi connectivity index (χ1n) is 7.17. The number of carbonyl (C=O) groups excluding carboxylic acids is 1. The van der Waals surface area contributed by atoms with E-state index >= 15 is 0 Å². The Morgan fingerprint density at radius 1 is 1.33 bits per heavy atom. The van der Waals surface area contributed by atoms with Crippen LogP contribution in [0.2, 0.25) is 0 Å². The number of carbonyl (C=O) groups is 1. The predicted molar refractivity (Wildman–Crippen MR) is 92.0 cm³/mol. The van der Waals surface area contributed by atoms with Gasteiger partial charge in [0.2, 0.25) is 0 Å². The van der Waals surface area contributed by atoms with Crippen molar-refractivity contribution in [3.8, 4) is 5.75 Å². The molecular weight excluding hydrogens is 328 g/mol. The Bertz CT molecular complexity index is 980. The summed E-state index contributed by atoms with van der Waals surface area (Å²) >= 11 is 1.54. The fraction of sp³-hybridized carbons (Fsp3) is 0.111. The van der Waals surface area contributed by atoms with E-state index in [1.165, 1.54) is 35.6 Å². The zero-order valence-electron chi connectivity index (χ0n) is 12.8. The van der Waals surface area contributed by atoms with E-state index in [9.17, 15) is 14.7 Å². The fourth-order valence-electron chi connectivity index (χ4n) is 2.23. The average molecular weight is 342 g/mol. The van der Waals surface area contributed by atoms with E-state index in [-0.39, 0.29) is 17.9 Å². The van der Waals surface area contributed by atoms with E-state index in [0.29, 0.717) is 10.9 Å². The lowest BCUT2D eigenvalue weighted by Crippen LogP contribution is -2.05. The lowest BCUT2D eigenvalue weighted by atomic mass is 10.1. The highest BCUT2D eigenvalue weighted by atomic mass is 32.1. The molecule has 1 N–H and O–H groups in total. The molecule has 0 aliphatic rings.